The van der Waals surface area contributed by atoms with Gasteiger partial charge in [-0.2, -0.15) is 13.2 Å². The molecule has 1 fully saturated rings. The molecule has 94 valence electrons. The zero-order valence-corrected chi connectivity index (χ0v) is 9.09. The first-order valence-corrected chi connectivity index (χ1v) is 5.42. The molecule has 1 aromatic rings. The topological polar surface area (TPSA) is 63.8 Å². The standard InChI is InChI=1S/C10H13F3N4/c11-10(12,13)8-5-7(16-9(14)17-8)6-3-1-2-4-15-6/h5-6,15H,1-4H2,(H2,14,16,17). The molecule has 0 amide bonds. The number of piperidine rings is 1. The van der Waals surface area contributed by atoms with Crippen molar-refractivity contribution in [2.75, 3.05) is 12.3 Å². The molecule has 1 aliphatic rings. The fourth-order valence-electron chi connectivity index (χ4n) is 1.91. The van der Waals surface area contributed by atoms with Crippen LogP contribution < -0.4 is 11.1 Å². The number of hydrogen-bond donors (Lipinski definition) is 2. The van der Waals surface area contributed by atoms with Gasteiger partial charge in [-0.3, -0.25) is 0 Å². The molecule has 2 heterocycles. The molecule has 1 unspecified atom stereocenters. The van der Waals surface area contributed by atoms with Gasteiger partial charge in [0.1, 0.15) is 5.69 Å². The highest BCUT2D eigenvalue weighted by molar-refractivity contribution is 5.26. The maximum absolute atomic E-state index is 12.5. The molecular weight excluding hydrogens is 233 g/mol. The minimum absolute atomic E-state index is 0.157. The Labute approximate surface area is 96.4 Å². The predicted octanol–water partition coefficient (Wildman–Crippen LogP) is 1.89. The number of nitrogens with one attached hydrogen (secondary N) is 1. The summed E-state index contributed by atoms with van der Waals surface area (Å²) in [6.07, 6.45) is -1.71. The Balaban J connectivity index is 2.31. The SMILES string of the molecule is Nc1nc(C2CCCCN2)cc(C(F)(F)F)n1. The lowest BCUT2D eigenvalue weighted by atomic mass is 10.0. The van der Waals surface area contributed by atoms with Gasteiger partial charge < -0.3 is 11.1 Å². The van der Waals surface area contributed by atoms with Gasteiger partial charge >= 0.3 is 6.18 Å². The third-order valence-electron chi connectivity index (χ3n) is 2.72. The Morgan fingerprint density at radius 1 is 1.29 bits per heavy atom. The lowest BCUT2D eigenvalue weighted by molar-refractivity contribution is -0.141. The Hall–Kier alpha value is -1.37. The summed E-state index contributed by atoms with van der Waals surface area (Å²) in [7, 11) is 0. The van der Waals surface area contributed by atoms with Crippen LogP contribution in [0.4, 0.5) is 19.1 Å². The van der Waals surface area contributed by atoms with Crippen molar-refractivity contribution >= 4 is 5.95 Å². The third kappa shape index (κ3) is 2.85. The van der Waals surface area contributed by atoms with Crippen LogP contribution >= 0.6 is 0 Å². The fraction of sp³-hybridized carbons (Fsp3) is 0.600. The molecule has 0 aromatic carbocycles. The van der Waals surface area contributed by atoms with E-state index in [1.165, 1.54) is 0 Å². The van der Waals surface area contributed by atoms with Crippen molar-refractivity contribution in [3.05, 3.63) is 17.5 Å². The average Bonchev–Trinajstić information content (AvgIpc) is 2.28. The molecule has 0 radical (unpaired) electrons. The van der Waals surface area contributed by atoms with Crippen LogP contribution in [0.15, 0.2) is 6.07 Å². The van der Waals surface area contributed by atoms with Crippen LogP contribution in [0.25, 0.3) is 0 Å². The molecule has 0 bridgehead atoms. The van der Waals surface area contributed by atoms with E-state index >= 15 is 0 Å². The number of alkyl halides is 3. The van der Waals surface area contributed by atoms with E-state index in [1.807, 2.05) is 0 Å². The Morgan fingerprint density at radius 2 is 2.06 bits per heavy atom. The van der Waals surface area contributed by atoms with Crippen LogP contribution in [0.3, 0.4) is 0 Å². The van der Waals surface area contributed by atoms with Gasteiger partial charge in [-0.05, 0) is 25.5 Å². The summed E-state index contributed by atoms with van der Waals surface area (Å²) < 4.78 is 37.6. The summed E-state index contributed by atoms with van der Waals surface area (Å²) in [4.78, 5) is 7.09. The third-order valence-corrected chi connectivity index (χ3v) is 2.72. The molecular formula is C10H13F3N4. The lowest BCUT2D eigenvalue weighted by Gasteiger charge is -2.23. The zero-order valence-electron chi connectivity index (χ0n) is 9.09. The maximum Gasteiger partial charge on any atom is 0.433 e. The zero-order chi connectivity index (χ0) is 12.5. The number of nitrogens with two attached hydrogens (primary N) is 1. The van der Waals surface area contributed by atoms with Crippen molar-refractivity contribution in [1.82, 2.24) is 15.3 Å². The Bertz CT molecular complexity index is 399. The van der Waals surface area contributed by atoms with Gasteiger partial charge in [0.25, 0.3) is 0 Å². The van der Waals surface area contributed by atoms with Gasteiger partial charge in [0.15, 0.2) is 0 Å². The van der Waals surface area contributed by atoms with Crippen LogP contribution in [-0.4, -0.2) is 16.5 Å². The van der Waals surface area contributed by atoms with Crippen molar-refractivity contribution < 1.29 is 13.2 Å². The molecule has 4 nitrogen and oxygen atoms in total. The van der Waals surface area contributed by atoms with E-state index in [4.69, 9.17) is 5.73 Å². The molecule has 1 atom stereocenters. The van der Waals surface area contributed by atoms with E-state index in [0.717, 1.165) is 31.9 Å². The summed E-state index contributed by atoms with van der Waals surface area (Å²) in [5.41, 5.74) is 4.66. The van der Waals surface area contributed by atoms with Crippen LogP contribution in [0, 0.1) is 0 Å². The molecule has 2 rings (SSSR count). The first-order chi connectivity index (χ1) is 7.97. The first-order valence-electron chi connectivity index (χ1n) is 5.42. The van der Waals surface area contributed by atoms with Crippen LogP contribution in [0.5, 0.6) is 0 Å². The molecule has 1 aliphatic heterocycles. The smallest absolute Gasteiger partial charge is 0.368 e. The number of nitrogens with zero attached hydrogens (tertiary/aromatic N) is 2. The summed E-state index contributed by atoms with van der Waals surface area (Å²) >= 11 is 0. The van der Waals surface area contributed by atoms with E-state index in [9.17, 15) is 13.2 Å². The van der Waals surface area contributed by atoms with Crippen molar-refractivity contribution in [2.45, 2.75) is 31.5 Å². The number of hydrogen-bond acceptors (Lipinski definition) is 4. The van der Waals surface area contributed by atoms with Gasteiger partial charge in [-0.1, -0.05) is 6.42 Å². The van der Waals surface area contributed by atoms with Crippen molar-refractivity contribution in [3.8, 4) is 0 Å². The summed E-state index contributed by atoms with van der Waals surface area (Å²) in [5.74, 6) is -0.331. The van der Waals surface area contributed by atoms with Crippen molar-refractivity contribution in [2.24, 2.45) is 0 Å². The lowest BCUT2D eigenvalue weighted by Crippen LogP contribution is -2.28. The Morgan fingerprint density at radius 3 is 2.65 bits per heavy atom. The largest absolute Gasteiger partial charge is 0.433 e. The first kappa shape index (κ1) is 12.1. The van der Waals surface area contributed by atoms with Gasteiger partial charge in [0, 0.05) is 6.04 Å². The quantitative estimate of drug-likeness (QED) is 0.794. The summed E-state index contributed by atoms with van der Waals surface area (Å²) in [5, 5.41) is 3.13. The maximum atomic E-state index is 12.5. The molecule has 0 saturated carbocycles. The highest BCUT2D eigenvalue weighted by atomic mass is 19.4. The average molecular weight is 246 g/mol. The fourth-order valence-corrected chi connectivity index (χ4v) is 1.91. The highest BCUT2D eigenvalue weighted by Gasteiger charge is 2.34. The molecule has 0 spiro atoms. The highest BCUT2D eigenvalue weighted by Crippen LogP contribution is 2.30. The second kappa shape index (κ2) is 4.48. The Kier molecular flexibility index (Phi) is 3.19. The van der Waals surface area contributed by atoms with Crippen molar-refractivity contribution in [3.63, 3.8) is 0 Å². The van der Waals surface area contributed by atoms with Gasteiger partial charge in [0.2, 0.25) is 5.95 Å². The number of anilines is 1. The van der Waals surface area contributed by atoms with Crippen LogP contribution in [-0.2, 0) is 6.18 Å². The second-order valence-electron chi connectivity index (χ2n) is 4.04. The molecule has 0 aliphatic carbocycles. The summed E-state index contributed by atoms with van der Waals surface area (Å²) in [6.45, 7) is 0.788. The minimum atomic E-state index is -4.49. The predicted molar refractivity (Wildman–Crippen MR) is 56.0 cm³/mol. The molecule has 3 N–H and O–H groups in total. The molecule has 17 heavy (non-hydrogen) atoms. The molecule has 1 aromatic heterocycles. The number of halogens is 3. The number of rotatable bonds is 1. The van der Waals surface area contributed by atoms with Gasteiger partial charge in [0.05, 0.1) is 5.69 Å². The number of aromatic nitrogens is 2. The molecule has 7 heteroatoms. The van der Waals surface area contributed by atoms with Gasteiger partial charge in [-0.15, -0.1) is 0 Å². The monoisotopic (exact) mass is 246 g/mol. The van der Waals surface area contributed by atoms with Crippen LogP contribution in [0.1, 0.15) is 36.7 Å². The van der Waals surface area contributed by atoms with E-state index in [-0.39, 0.29) is 12.0 Å². The van der Waals surface area contributed by atoms with E-state index in [2.05, 4.69) is 15.3 Å². The second-order valence-corrected chi connectivity index (χ2v) is 4.04. The minimum Gasteiger partial charge on any atom is -0.368 e. The van der Waals surface area contributed by atoms with E-state index < -0.39 is 11.9 Å². The van der Waals surface area contributed by atoms with Crippen LogP contribution in [0.2, 0.25) is 0 Å². The van der Waals surface area contributed by atoms with Gasteiger partial charge in [-0.25, -0.2) is 9.97 Å². The number of nitrogen functional groups attached to an aromatic ring is 1. The van der Waals surface area contributed by atoms with E-state index in [1.54, 1.807) is 0 Å². The molecule has 1 saturated heterocycles. The normalized spacial score (nSPS) is 21.5. The van der Waals surface area contributed by atoms with E-state index in [0.29, 0.717) is 5.69 Å². The van der Waals surface area contributed by atoms with Crippen molar-refractivity contribution in [1.29, 1.82) is 0 Å². The summed E-state index contributed by atoms with van der Waals surface area (Å²) in [6, 6.07) is 0.814.